The third kappa shape index (κ3) is 3.23. The molecule has 1 aliphatic heterocycles. The molecule has 29 heavy (non-hydrogen) atoms. The second-order valence-electron chi connectivity index (χ2n) is 6.36. The molecule has 2 heterocycles. The predicted molar refractivity (Wildman–Crippen MR) is 106 cm³/mol. The number of nitrogens with zero attached hydrogens (tertiary/aromatic N) is 3. The van der Waals surface area contributed by atoms with Gasteiger partial charge < -0.3 is 9.84 Å². The topological polar surface area (TPSA) is 92.6 Å². The van der Waals surface area contributed by atoms with Gasteiger partial charge >= 0.3 is 5.91 Å². The van der Waals surface area contributed by atoms with Crippen molar-refractivity contribution in [2.75, 3.05) is 12.0 Å². The molecule has 0 radical (unpaired) electrons. The molecular weight excluding hydrogens is 370 g/mol. The minimum Gasteiger partial charge on any atom is -0.507 e. The van der Waals surface area contributed by atoms with E-state index in [1.165, 1.54) is 24.4 Å². The first-order valence-corrected chi connectivity index (χ1v) is 8.89. The summed E-state index contributed by atoms with van der Waals surface area (Å²) < 4.78 is 5.13. The van der Waals surface area contributed by atoms with Gasteiger partial charge in [0, 0.05) is 18.0 Å². The largest absolute Gasteiger partial charge is 0.507 e. The fourth-order valence-electron chi connectivity index (χ4n) is 3.31. The molecule has 1 fully saturated rings. The van der Waals surface area contributed by atoms with Crippen LogP contribution in [0.15, 0.2) is 78.6 Å². The molecule has 1 atom stereocenters. The Balaban J connectivity index is 1.91. The van der Waals surface area contributed by atoms with Gasteiger partial charge in [0.15, 0.2) is 0 Å². The number of methoxy groups -OCH3 is 1. The average molecular weight is 387 g/mol. The maximum Gasteiger partial charge on any atom is 0.302 e. The summed E-state index contributed by atoms with van der Waals surface area (Å²) >= 11 is 0. The van der Waals surface area contributed by atoms with Crippen LogP contribution in [0.2, 0.25) is 0 Å². The van der Waals surface area contributed by atoms with E-state index in [0.29, 0.717) is 16.9 Å². The van der Waals surface area contributed by atoms with Gasteiger partial charge in [-0.3, -0.25) is 14.5 Å². The molecule has 0 saturated carbocycles. The zero-order valence-corrected chi connectivity index (χ0v) is 15.5. The van der Waals surface area contributed by atoms with Gasteiger partial charge in [0.2, 0.25) is 5.95 Å². The van der Waals surface area contributed by atoms with Gasteiger partial charge in [-0.25, -0.2) is 9.97 Å². The van der Waals surface area contributed by atoms with E-state index in [1.54, 1.807) is 54.6 Å². The number of carbonyl (C=O) groups is 2. The number of rotatable bonds is 4. The highest BCUT2D eigenvalue weighted by molar-refractivity contribution is 6.51. The Labute approximate surface area is 166 Å². The molecule has 1 N–H and O–H groups in total. The molecule has 3 aromatic rings. The van der Waals surface area contributed by atoms with Crippen LogP contribution in [0.25, 0.3) is 5.76 Å². The van der Waals surface area contributed by atoms with Crippen LogP contribution >= 0.6 is 0 Å². The zero-order chi connectivity index (χ0) is 20.4. The highest BCUT2D eigenvalue weighted by Crippen LogP contribution is 2.40. The number of aliphatic hydroxyl groups is 1. The standard InChI is InChI=1S/C22H17N3O4/c1-29-16-10-8-15(9-11-16)19(26)17-18(14-6-3-2-4-7-14)25(21(28)20(17)27)22-23-12-5-13-24-22/h2-13,18,26H,1H3/b19-17+/t18-/m1/s1. The van der Waals surface area contributed by atoms with Crippen LogP contribution in [0.3, 0.4) is 0 Å². The quantitative estimate of drug-likeness (QED) is 0.420. The molecule has 0 bridgehead atoms. The Morgan fingerprint density at radius 1 is 0.966 bits per heavy atom. The number of aromatic nitrogens is 2. The van der Waals surface area contributed by atoms with Crippen molar-refractivity contribution in [1.82, 2.24) is 9.97 Å². The Morgan fingerprint density at radius 2 is 1.62 bits per heavy atom. The van der Waals surface area contributed by atoms with Crippen LogP contribution in [0.4, 0.5) is 5.95 Å². The minimum absolute atomic E-state index is 0.0150. The normalized spacial score (nSPS) is 18.1. The summed E-state index contributed by atoms with van der Waals surface area (Å²) in [5.74, 6) is -1.14. The lowest BCUT2D eigenvalue weighted by atomic mass is 9.95. The summed E-state index contributed by atoms with van der Waals surface area (Å²) in [4.78, 5) is 35.3. The lowest BCUT2D eigenvalue weighted by molar-refractivity contribution is -0.132. The maximum atomic E-state index is 12.9. The van der Waals surface area contributed by atoms with Crippen molar-refractivity contribution in [3.8, 4) is 5.75 Å². The lowest BCUT2D eigenvalue weighted by Crippen LogP contribution is -2.31. The van der Waals surface area contributed by atoms with Gasteiger partial charge in [0.05, 0.1) is 18.7 Å². The molecule has 1 aromatic heterocycles. The van der Waals surface area contributed by atoms with Crippen molar-refractivity contribution in [2.45, 2.75) is 6.04 Å². The zero-order valence-electron chi connectivity index (χ0n) is 15.5. The molecule has 0 spiro atoms. The number of amides is 1. The van der Waals surface area contributed by atoms with E-state index in [-0.39, 0.29) is 17.3 Å². The van der Waals surface area contributed by atoms with Crippen LogP contribution in [-0.2, 0) is 9.59 Å². The van der Waals surface area contributed by atoms with Gasteiger partial charge in [-0.15, -0.1) is 0 Å². The molecule has 7 nitrogen and oxygen atoms in total. The summed E-state index contributed by atoms with van der Waals surface area (Å²) in [6.07, 6.45) is 2.99. The molecule has 0 unspecified atom stereocenters. The fraction of sp³-hybridized carbons (Fsp3) is 0.0909. The smallest absolute Gasteiger partial charge is 0.302 e. The van der Waals surface area contributed by atoms with E-state index < -0.39 is 17.7 Å². The molecule has 1 saturated heterocycles. The van der Waals surface area contributed by atoms with Crippen LogP contribution in [-0.4, -0.2) is 33.9 Å². The first-order chi connectivity index (χ1) is 14.1. The first kappa shape index (κ1) is 18.4. The predicted octanol–water partition coefficient (Wildman–Crippen LogP) is 3.11. The molecule has 1 amide bonds. The second kappa shape index (κ2) is 7.55. The van der Waals surface area contributed by atoms with Gasteiger partial charge in [0.1, 0.15) is 11.5 Å². The van der Waals surface area contributed by atoms with Gasteiger partial charge in [-0.05, 0) is 35.9 Å². The highest BCUT2D eigenvalue weighted by Gasteiger charge is 2.48. The minimum atomic E-state index is -0.847. The summed E-state index contributed by atoms with van der Waals surface area (Å²) in [7, 11) is 1.54. The summed E-state index contributed by atoms with van der Waals surface area (Å²) in [5, 5.41) is 11.0. The number of Topliss-reactive ketones (excluding diaryl/α,β-unsaturated/α-hetero) is 1. The summed E-state index contributed by atoms with van der Waals surface area (Å²) in [6, 6.07) is 16.4. The number of ketones is 1. The number of aliphatic hydroxyl groups excluding tert-OH is 1. The van der Waals surface area contributed by atoms with Crippen LogP contribution in [0, 0.1) is 0 Å². The molecule has 0 aliphatic carbocycles. The van der Waals surface area contributed by atoms with Gasteiger partial charge in [-0.2, -0.15) is 0 Å². The van der Waals surface area contributed by atoms with E-state index in [9.17, 15) is 14.7 Å². The number of ether oxygens (including phenoxy) is 1. The van der Waals surface area contributed by atoms with Crippen molar-refractivity contribution < 1.29 is 19.4 Å². The molecule has 7 heteroatoms. The van der Waals surface area contributed by atoms with Crippen molar-refractivity contribution in [2.24, 2.45) is 0 Å². The monoisotopic (exact) mass is 387 g/mol. The summed E-state index contributed by atoms with van der Waals surface area (Å²) in [5.41, 5.74) is 1.05. The van der Waals surface area contributed by atoms with E-state index in [4.69, 9.17) is 4.74 Å². The number of hydrogen-bond donors (Lipinski definition) is 1. The molecule has 1 aliphatic rings. The van der Waals surface area contributed by atoms with Crippen LogP contribution in [0.5, 0.6) is 5.75 Å². The number of benzene rings is 2. The molecule has 4 rings (SSSR count). The Morgan fingerprint density at radius 3 is 2.24 bits per heavy atom. The molecule has 144 valence electrons. The SMILES string of the molecule is COc1ccc(/C(O)=C2\C(=O)C(=O)N(c3ncccn3)[C@@H]2c2ccccc2)cc1. The van der Waals surface area contributed by atoms with Crippen molar-refractivity contribution >= 4 is 23.4 Å². The van der Waals surface area contributed by atoms with Gasteiger partial charge in [0.25, 0.3) is 5.78 Å². The Bertz CT molecular complexity index is 1080. The van der Waals surface area contributed by atoms with E-state index >= 15 is 0 Å². The van der Waals surface area contributed by atoms with Crippen molar-refractivity contribution in [1.29, 1.82) is 0 Å². The molecule has 2 aromatic carbocycles. The maximum absolute atomic E-state index is 12.9. The highest BCUT2D eigenvalue weighted by atomic mass is 16.5. The first-order valence-electron chi connectivity index (χ1n) is 8.89. The number of anilines is 1. The van der Waals surface area contributed by atoms with Crippen LogP contribution < -0.4 is 9.64 Å². The van der Waals surface area contributed by atoms with Gasteiger partial charge in [-0.1, -0.05) is 30.3 Å². The summed E-state index contributed by atoms with van der Waals surface area (Å²) in [6.45, 7) is 0. The van der Waals surface area contributed by atoms with Crippen molar-refractivity contribution in [3.05, 3.63) is 89.8 Å². The molecular formula is C22H17N3O4. The van der Waals surface area contributed by atoms with Crippen LogP contribution in [0.1, 0.15) is 17.2 Å². The van der Waals surface area contributed by atoms with E-state index in [1.807, 2.05) is 6.07 Å². The fourth-order valence-corrected chi connectivity index (χ4v) is 3.31. The Hall–Kier alpha value is -4.00. The number of carbonyl (C=O) groups excluding carboxylic acids is 2. The Kier molecular flexibility index (Phi) is 4.78. The second-order valence-corrected chi connectivity index (χ2v) is 6.36. The number of hydrogen-bond acceptors (Lipinski definition) is 6. The third-order valence-corrected chi connectivity index (χ3v) is 4.69. The average Bonchev–Trinajstić information content (AvgIpc) is 3.05. The lowest BCUT2D eigenvalue weighted by Gasteiger charge is -2.23. The van der Waals surface area contributed by atoms with Crippen molar-refractivity contribution in [3.63, 3.8) is 0 Å². The third-order valence-electron chi connectivity index (χ3n) is 4.69. The van der Waals surface area contributed by atoms with E-state index in [2.05, 4.69) is 9.97 Å². The van der Waals surface area contributed by atoms with E-state index in [0.717, 1.165) is 0 Å².